The Hall–Kier alpha value is -2.24. The van der Waals surface area contributed by atoms with E-state index in [9.17, 15) is 14.7 Å². The van der Waals surface area contributed by atoms with E-state index in [1.54, 1.807) is 19.2 Å². The zero-order valence-corrected chi connectivity index (χ0v) is 12.4. The summed E-state index contributed by atoms with van der Waals surface area (Å²) in [6.45, 7) is 5.65. The molecule has 21 heavy (non-hydrogen) atoms. The number of pyridine rings is 1. The Kier molecular flexibility index (Phi) is 4.06. The number of carbonyl (C=O) groups is 2. The van der Waals surface area contributed by atoms with Crippen molar-refractivity contribution in [2.24, 2.45) is 4.99 Å². The molecule has 1 unspecified atom stereocenters. The van der Waals surface area contributed by atoms with E-state index in [0.717, 1.165) is 12.0 Å². The van der Waals surface area contributed by atoms with Gasteiger partial charge in [0.1, 0.15) is 11.2 Å². The van der Waals surface area contributed by atoms with Crippen molar-refractivity contribution in [3.8, 4) is 0 Å². The lowest BCUT2D eigenvalue weighted by Gasteiger charge is -2.15. The first-order valence-corrected chi connectivity index (χ1v) is 7.05. The Labute approximate surface area is 123 Å². The number of amidine groups is 1. The first-order valence-electron chi connectivity index (χ1n) is 7.05. The van der Waals surface area contributed by atoms with E-state index in [1.165, 1.54) is 0 Å². The number of rotatable bonds is 5. The highest BCUT2D eigenvalue weighted by Gasteiger charge is 2.39. The van der Waals surface area contributed by atoms with E-state index in [-0.39, 0.29) is 23.0 Å². The molecule has 2 rings (SSSR count). The summed E-state index contributed by atoms with van der Waals surface area (Å²) < 4.78 is 0. The van der Waals surface area contributed by atoms with Crippen molar-refractivity contribution in [1.29, 1.82) is 0 Å². The molecular weight excluding hydrogens is 270 g/mol. The fraction of sp³-hybridized carbons (Fsp3) is 0.467. The molecule has 1 aliphatic rings. The molecule has 0 bridgehead atoms. The second kappa shape index (κ2) is 5.63. The van der Waals surface area contributed by atoms with Crippen LogP contribution in [-0.2, 0) is 11.2 Å². The Morgan fingerprint density at radius 1 is 1.43 bits per heavy atom. The van der Waals surface area contributed by atoms with E-state index in [2.05, 4.69) is 15.3 Å². The van der Waals surface area contributed by atoms with Crippen LogP contribution in [-0.4, -0.2) is 33.3 Å². The molecule has 2 heterocycles. The summed E-state index contributed by atoms with van der Waals surface area (Å²) in [5.74, 6) is -1.04. The maximum absolute atomic E-state index is 12.1. The van der Waals surface area contributed by atoms with Crippen molar-refractivity contribution >= 4 is 17.7 Å². The van der Waals surface area contributed by atoms with Crippen LogP contribution < -0.4 is 5.32 Å². The summed E-state index contributed by atoms with van der Waals surface area (Å²) in [6.07, 6.45) is 3.73. The molecule has 0 aromatic carbocycles. The van der Waals surface area contributed by atoms with Gasteiger partial charge in [-0.1, -0.05) is 20.3 Å². The van der Waals surface area contributed by atoms with Gasteiger partial charge in [0.25, 0.3) is 5.91 Å². The summed E-state index contributed by atoms with van der Waals surface area (Å²) in [5, 5.41) is 12.0. The molecule has 1 amide bonds. The normalized spacial score (nSPS) is 21.1. The van der Waals surface area contributed by atoms with Crippen LogP contribution >= 0.6 is 0 Å². The molecule has 0 saturated heterocycles. The van der Waals surface area contributed by atoms with E-state index in [4.69, 9.17) is 0 Å². The van der Waals surface area contributed by atoms with Crippen LogP contribution in [0.15, 0.2) is 17.3 Å². The fourth-order valence-corrected chi connectivity index (χ4v) is 2.39. The molecule has 6 heteroatoms. The highest BCUT2D eigenvalue weighted by atomic mass is 16.4. The Balaban J connectivity index is 2.48. The van der Waals surface area contributed by atoms with Gasteiger partial charge in [0.05, 0.1) is 5.56 Å². The first kappa shape index (κ1) is 15.2. The quantitative estimate of drug-likeness (QED) is 0.864. The predicted molar refractivity (Wildman–Crippen MR) is 78.6 cm³/mol. The number of carboxylic acids is 1. The number of aliphatic imine (C=N–C) groups is 1. The molecule has 1 aliphatic heterocycles. The summed E-state index contributed by atoms with van der Waals surface area (Å²) >= 11 is 0. The third-order valence-corrected chi connectivity index (χ3v) is 3.62. The highest BCUT2D eigenvalue weighted by Crippen LogP contribution is 2.24. The minimum atomic E-state index is -1.08. The molecule has 1 atom stereocenters. The molecule has 1 aromatic heterocycles. The second-order valence-electron chi connectivity index (χ2n) is 5.34. The van der Waals surface area contributed by atoms with Crippen molar-refractivity contribution in [2.75, 3.05) is 0 Å². The summed E-state index contributed by atoms with van der Waals surface area (Å²) in [6, 6.07) is 1.58. The van der Waals surface area contributed by atoms with Crippen LogP contribution in [0.5, 0.6) is 0 Å². The third-order valence-electron chi connectivity index (χ3n) is 3.62. The van der Waals surface area contributed by atoms with Gasteiger partial charge in [0.15, 0.2) is 5.84 Å². The van der Waals surface area contributed by atoms with Gasteiger partial charge in [-0.05, 0) is 31.4 Å². The zero-order chi connectivity index (χ0) is 15.6. The van der Waals surface area contributed by atoms with Crippen molar-refractivity contribution in [2.45, 2.75) is 45.6 Å². The Morgan fingerprint density at radius 2 is 2.14 bits per heavy atom. The average Bonchev–Trinajstić information content (AvgIpc) is 2.74. The summed E-state index contributed by atoms with van der Waals surface area (Å²) in [5.41, 5.74) is 0.268. The first-order chi connectivity index (χ1) is 9.91. The molecular formula is C15H19N3O3. The van der Waals surface area contributed by atoms with Gasteiger partial charge in [0.2, 0.25) is 0 Å². The number of hydrogen-bond donors (Lipinski definition) is 2. The highest BCUT2D eigenvalue weighted by molar-refractivity contribution is 6.17. The zero-order valence-electron chi connectivity index (χ0n) is 12.4. The molecule has 0 radical (unpaired) electrons. The van der Waals surface area contributed by atoms with Crippen molar-refractivity contribution in [3.63, 3.8) is 0 Å². The minimum absolute atomic E-state index is 0.0640. The van der Waals surface area contributed by atoms with Gasteiger partial charge in [-0.15, -0.1) is 0 Å². The standard InChI is InChI=1S/C15H19N3O3/c1-4-6-15(3)14(21)17-12(18-15)11-10(13(19)20)7-9(5-2)8-16-11/h7-8H,4-6H2,1-3H3,(H,19,20)(H,17,18,21). The van der Waals surface area contributed by atoms with Gasteiger partial charge in [0, 0.05) is 6.20 Å². The van der Waals surface area contributed by atoms with E-state index < -0.39 is 11.5 Å². The van der Waals surface area contributed by atoms with Gasteiger partial charge in [-0.3, -0.25) is 9.78 Å². The van der Waals surface area contributed by atoms with Crippen LogP contribution in [0.25, 0.3) is 0 Å². The van der Waals surface area contributed by atoms with Crippen molar-refractivity contribution in [3.05, 3.63) is 29.1 Å². The summed E-state index contributed by atoms with van der Waals surface area (Å²) in [4.78, 5) is 32.1. The van der Waals surface area contributed by atoms with Crippen LogP contribution in [0.4, 0.5) is 0 Å². The lowest BCUT2D eigenvalue weighted by Crippen LogP contribution is -2.37. The Bertz CT molecular complexity index is 625. The van der Waals surface area contributed by atoms with E-state index in [1.807, 2.05) is 13.8 Å². The molecule has 0 aliphatic carbocycles. The summed E-state index contributed by atoms with van der Waals surface area (Å²) in [7, 11) is 0. The number of hydrogen-bond acceptors (Lipinski definition) is 4. The number of aryl methyl sites for hydroxylation is 1. The molecule has 6 nitrogen and oxygen atoms in total. The molecule has 0 saturated carbocycles. The number of carboxylic acid groups (broad SMARTS) is 1. The monoisotopic (exact) mass is 289 g/mol. The maximum Gasteiger partial charge on any atom is 0.338 e. The molecule has 2 N–H and O–H groups in total. The van der Waals surface area contributed by atoms with Crippen LogP contribution in [0.2, 0.25) is 0 Å². The number of aromatic carboxylic acids is 1. The average molecular weight is 289 g/mol. The molecule has 1 aromatic rings. The number of amides is 1. The molecule has 112 valence electrons. The number of nitrogens with one attached hydrogen (secondary N) is 1. The van der Waals surface area contributed by atoms with Crippen molar-refractivity contribution in [1.82, 2.24) is 10.3 Å². The predicted octanol–water partition coefficient (Wildman–Crippen LogP) is 1.78. The second-order valence-corrected chi connectivity index (χ2v) is 5.34. The minimum Gasteiger partial charge on any atom is -0.478 e. The smallest absolute Gasteiger partial charge is 0.338 e. The van der Waals surface area contributed by atoms with Gasteiger partial charge in [-0.25, -0.2) is 9.79 Å². The topological polar surface area (TPSA) is 91.7 Å². The molecule has 0 fully saturated rings. The number of nitrogens with zero attached hydrogens (tertiary/aromatic N) is 2. The number of aromatic nitrogens is 1. The van der Waals surface area contributed by atoms with E-state index >= 15 is 0 Å². The maximum atomic E-state index is 12.1. The van der Waals surface area contributed by atoms with Crippen molar-refractivity contribution < 1.29 is 14.7 Å². The number of carbonyl (C=O) groups excluding carboxylic acids is 1. The lowest BCUT2D eigenvalue weighted by molar-refractivity contribution is -0.123. The molecule has 0 spiro atoms. The van der Waals surface area contributed by atoms with Gasteiger partial charge >= 0.3 is 5.97 Å². The van der Waals surface area contributed by atoms with Crippen LogP contribution in [0.1, 0.15) is 55.2 Å². The largest absolute Gasteiger partial charge is 0.478 e. The van der Waals surface area contributed by atoms with Crippen LogP contribution in [0.3, 0.4) is 0 Å². The van der Waals surface area contributed by atoms with Crippen LogP contribution in [0, 0.1) is 0 Å². The third kappa shape index (κ3) is 2.79. The lowest BCUT2D eigenvalue weighted by atomic mass is 9.97. The Morgan fingerprint density at radius 3 is 2.71 bits per heavy atom. The SMILES string of the molecule is CCCC1(C)N=C(c2ncc(CC)cc2C(=O)O)NC1=O. The van der Waals surface area contributed by atoms with E-state index in [0.29, 0.717) is 12.8 Å². The van der Waals surface area contributed by atoms with Gasteiger partial charge < -0.3 is 10.4 Å². The fourth-order valence-electron chi connectivity index (χ4n) is 2.39. The van der Waals surface area contributed by atoms with Gasteiger partial charge in [-0.2, -0.15) is 0 Å².